The first-order chi connectivity index (χ1) is 15.0. The van der Waals surface area contributed by atoms with E-state index in [0.29, 0.717) is 10.6 Å². The molecule has 32 heavy (non-hydrogen) atoms. The maximum atomic E-state index is 14.0. The van der Waals surface area contributed by atoms with Gasteiger partial charge < -0.3 is 15.6 Å². The summed E-state index contributed by atoms with van der Waals surface area (Å²) in [5, 5.41) is 4.74. The van der Waals surface area contributed by atoms with Crippen molar-refractivity contribution in [3.05, 3.63) is 61.4 Å². The third kappa shape index (κ3) is 3.18. The quantitative estimate of drug-likeness (QED) is 0.464. The van der Waals surface area contributed by atoms with Crippen LogP contribution < -0.4 is 21.9 Å². The van der Waals surface area contributed by atoms with E-state index in [0.717, 1.165) is 22.4 Å². The van der Waals surface area contributed by atoms with E-state index >= 15 is 0 Å². The number of anilines is 1. The van der Waals surface area contributed by atoms with E-state index in [9.17, 15) is 32.3 Å². The molecule has 0 saturated carbocycles. The van der Waals surface area contributed by atoms with Gasteiger partial charge in [0, 0.05) is 35.6 Å². The van der Waals surface area contributed by atoms with Gasteiger partial charge in [-0.25, -0.2) is 4.79 Å². The van der Waals surface area contributed by atoms with Gasteiger partial charge in [0.1, 0.15) is 11.4 Å². The topological polar surface area (TPSA) is 129 Å². The first kappa shape index (κ1) is 21.7. The van der Waals surface area contributed by atoms with Crippen LogP contribution in [-0.2, 0) is 28.1 Å². The van der Waals surface area contributed by atoms with E-state index in [-0.39, 0.29) is 13.0 Å². The Labute approximate surface area is 181 Å². The second-order valence-electron chi connectivity index (χ2n) is 7.27. The van der Waals surface area contributed by atoms with Crippen molar-refractivity contribution in [3.63, 3.8) is 0 Å². The fraction of sp³-hybridized carbons (Fsp3) is 0.263. The molecule has 0 aliphatic carbocycles. The summed E-state index contributed by atoms with van der Waals surface area (Å²) in [5.41, 5.74) is -5.67. The fourth-order valence-corrected chi connectivity index (χ4v) is 4.06. The van der Waals surface area contributed by atoms with E-state index in [1.54, 1.807) is 29.7 Å². The Bertz CT molecular complexity index is 1390. The third-order valence-electron chi connectivity index (χ3n) is 5.27. The van der Waals surface area contributed by atoms with Crippen LogP contribution in [0.5, 0.6) is 0 Å². The van der Waals surface area contributed by atoms with Crippen LogP contribution in [0.4, 0.5) is 19.0 Å². The number of carbonyl (C=O) groups excluding carboxylic acids is 2. The second kappa shape index (κ2) is 7.26. The van der Waals surface area contributed by atoms with Crippen LogP contribution in [0.1, 0.15) is 18.1 Å². The molecule has 168 valence electrons. The van der Waals surface area contributed by atoms with Crippen molar-refractivity contribution in [2.45, 2.75) is 31.6 Å². The van der Waals surface area contributed by atoms with Crippen LogP contribution in [0.25, 0.3) is 10.9 Å². The predicted molar refractivity (Wildman–Crippen MR) is 109 cm³/mol. The molecule has 1 aliphatic heterocycles. The number of aromatic amines is 2. The number of H-pyrrole nitrogens is 2. The number of alkyl halides is 3. The minimum Gasteiger partial charge on any atom is -0.361 e. The van der Waals surface area contributed by atoms with Crippen molar-refractivity contribution < 1.29 is 22.8 Å². The zero-order valence-corrected chi connectivity index (χ0v) is 17.1. The van der Waals surface area contributed by atoms with Gasteiger partial charge in [-0.3, -0.25) is 23.9 Å². The summed E-state index contributed by atoms with van der Waals surface area (Å²) < 4.78 is 42.8. The molecule has 2 aromatic heterocycles. The highest BCUT2D eigenvalue weighted by atomic mass is 35.5. The van der Waals surface area contributed by atoms with Crippen molar-refractivity contribution in [3.8, 4) is 0 Å². The molecule has 1 aromatic carbocycles. The molecule has 0 saturated heterocycles. The number of aryl methyl sites for hydroxylation is 1. The Morgan fingerprint density at radius 3 is 2.62 bits per heavy atom. The highest BCUT2D eigenvalue weighted by Crippen LogP contribution is 2.44. The van der Waals surface area contributed by atoms with E-state index in [4.69, 9.17) is 11.6 Å². The minimum atomic E-state index is -5.35. The summed E-state index contributed by atoms with van der Waals surface area (Å²) in [6.07, 6.45) is -3.53. The van der Waals surface area contributed by atoms with Crippen LogP contribution in [0.2, 0.25) is 5.02 Å². The number of fused-ring (bicyclic) bond motifs is 2. The number of nitrogens with one attached hydrogen (secondary N) is 4. The number of carbonyl (C=O) groups is 2. The van der Waals surface area contributed by atoms with Crippen LogP contribution >= 0.6 is 11.6 Å². The van der Waals surface area contributed by atoms with E-state index in [1.165, 1.54) is 0 Å². The third-order valence-corrected chi connectivity index (χ3v) is 5.50. The Kier molecular flexibility index (Phi) is 4.92. The van der Waals surface area contributed by atoms with Gasteiger partial charge in [0.25, 0.3) is 11.5 Å². The van der Waals surface area contributed by atoms with Gasteiger partial charge in [-0.1, -0.05) is 11.6 Å². The standard InChI is InChI=1S/C19H15ClF3N5O4/c1-8(29)27-18(19(21,22)23)13-14(25-16(18)31)28(17(32)26-15(13)30)5-4-9-7-24-12-3-2-10(20)6-11(9)12/h2-3,6-7,24H,4-5H2,1H3,(H,25,31)(H,27,29)(H,26,30,32). The molecule has 0 spiro atoms. The lowest BCUT2D eigenvalue weighted by Crippen LogP contribution is -2.61. The van der Waals surface area contributed by atoms with Gasteiger partial charge in [0.05, 0.1) is 0 Å². The van der Waals surface area contributed by atoms with Crippen molar-refractivity contribution in [2.75, 3.05) is 5.32 Å². The number of benzene rings is 1. The molecule has 0 radical (unpaired) electrons. The molecule has 9 nitrogen and oxygen atoms in total. The molecule has 2 amide bonds. The number of halogens is 4. The molecule has 1 aliphatic rings. The van der Waals surface area contributed by atoms with Crippen LogP contribution in [0, 0.1) is 0 Å². The van der Waals surface area contributed by atoms with Gasteiger partial charge >= 0.3 is 11.9 Å². The summed E-state index contributed by atoms with van der Waals surface area (Å²) in [4.78, 5) is 53.6. The smallest absolute Gasteiger partial charge is 0.361 e. The van der Waals surface area contributed by atoms with E-state index in [1.807, 2.05) is 10.3 Å². The number of hydrogen-bond donors (Lipinski definition) is 4. The summed E-state index contributed by atoms with van der Waals surface area (Å²) >= 11 is 6.02. The molecule has 3 aromatic rings. The first-order valence-electron chi connectivity index (χ1n) is 9.25. The minimum absolute atomic E-state index is 0.160. The van der Waals surface area contributed by atoms with Gasteiger partial charge in [0.15, 0.2) is 0 Å². The molecular formula is C19H15ClF3N5O4. The first-order valence-corrected chi connectivity index (χ1v) is 9.63. The van der Waals surface area contributed by atoms with Gasteiger partial charge in [0.2, 0.25) is 11.4 Å². The number of aromatic nitrogens is 3. The van der Waals surface area contributed by atoms with Crippen LogP contribution in [0.3, 0.4) is 0 Å². The Balaban J connectivity index is 1.83. The summed E-state index contributed by atoms with van der Waals surface area (Å²) in [7, 11) is 0. The van der Waals surface area contributed by atoms with Crippen molar-refractivity contribution in [2.24, 2.45) is 0 Å². The predicted octanol–water partition coefficient (Wildman–Crippen LogP) is 1.76. The summed E-state index contributed by atoms with van der Waals surface area (Å²) in [6, 6.07) is 5.12. The van der Waals surface area contributed by atoms with E-state index in [2.05, 4.69) is 4.98 Å². The monoisotopic (exact) mass is 469 g/mol. The number of amides is 2. The van der Waals surface area contributed by atoms with Crippen LogP contribution in [0.15, 0.2) is 34.0 Å². The zero-order chi connectivity index (χ0) is 23.4. The Hall–Kier alpha value is -3.54. The molecule has 3 heterocycles. The average Bonchev–Trinajstić information content (AvgIpc) is 3.20. The lowest BCUT2D eigenvalue weighted by atomic mass is 9.92. The highest BCUT2D eigenvalue weighted by molar-refractivity contribution is 6.31. The molecule has 0 bridgehead atoms. The number of nitrogens with zero attached hydrogens (tertiary/aromatic N) is 1. The second-order valence-corrected chi connectivity index (χ2v) is 7.71. The van der Waals surface area contributed by atoms with Gasteiger partial charge in [-0.2, -0.15) is 13.2 Å². The van der Waals surface area contributed by atoms with Gasteiger partial charge in [-0.05, 0) is 30.2 Å². The Morgan fingerprint density at radius 1 is 1.25 bits per heavy atom. The lowest BCUT2D eigenvalue weighted by molar-refractivity contribution is -0.200. The lowest BCUT2D eigenvalue weighted by Gasteiger charge is -2.29. The maximum absolute atomic E-state index is 14.0. The Morgan fingerprint density at radius 2 is 1.97 bits per heavy atom. The largest absolute Gasteiger partial charge is 0.425 e. The molecule has 1 unspecified atom stereocenters. The van der Waals surface area contributed by atoms with E-state index < -0.39 is 46.2 Å². The number of hydrogen-bond acceptors (Lipinski definition) is 4. The fourth-order valence-electron chi connectivity index (χ4n) is 3.89. The molecule has 4 rings (SSSR count). The normalized spacial score (nSPS) is 18.0. The SMILES string of the molecule is CC(=O)NC1(C(F)(F)F)C(=O)Nc2c1c(=O)[nH]c(=O)n2CCc1c[nH]c2ccc(Cl)cc12. The summed E-state index contributed by atoms with van der Waals surface area (Å²) in [6.45, 7) is 0.608. The van der Waals surface area contributed by atoms with Gasteiger partial charge in [-0.15, -0.1) is 0 Å². The number of rotatable bonds is 4. The highest BCUT2D eigenvalue weighted by Gasteiger charge is 2.68. The molecule has 13 heteroatoms. The zero-order valence-electron chi connectivity index (χ0n) is 16.3. The van der Waals surface area contributed by atoms with Crippen LogP contribution in [-0.4, -0.2) is 32.5 Å². The molecule has 4 N–H and O–H groups in total. The van der Waals surface area contributed by atoms with Crippen molar-refractivity contribution >= 4 is 40.1 Å². The molecule has 1 atom stereocenters. The van der Waals surface area contributed by atoms with Crippen molar-refractivity contribution in [1.82, 2.24) is 19.9 Å². The molecule has 0 fully saturated rings. The average molecular weight is 470 g/mol. The summed E-state index contributed by atoms with van der Waals surface area (Å²) in [5.74, 6) is -3.48. The molecular weight excluding hydrogens is 455 g/mol. The van der Waals surface area contributed by atoms with Crippen molar-refractivity contribution in [1.29, 1.82) is 0 Å². The maximum Gasteiger partial charge on any atom is 0.425 e.